The van der Waals surface area contributed by atoms with E-state index in [1.165, 1.54) is 0 Å². The molecule has 0 amide bonds. The first-order chi connectivity index (χ1) is 8.58. The minimum absolute atomic E-state index is 0.430. The first-order valence-corrected chi connectivity index (χ1v) is 7.43. The highest BCUT2D eigenvalue weighted by Crippen LogP contribution is 2.34. The second-order valence-corrected chi connectivity index (χ2v) is 6.10. The molecule has 0 atom stereocenters. The van der Waals surface area contributed by atoms with Crippen molar-refractivity contribution < 1.29 is 4.74 Å². The molecule has 0 radical (unpaired) electrons. The fraction of sp³-hybridized carbons (Fsp3) is 0.0769. The summed E-state index contributed by atoms with van der Waals surface area (Å²) in [5, 5.41) is 1.10. The summed E-state index contributed by atoms with van der Waals surface area (Å²) in [6, 6.07) is 11.3. The lowest BCUT2D eigenvalue weighted by Crippen LogP contribution is -1.97. The SMILES string of the molecule is Clc1cc(OCc2ccccc2Br)c(Cl)cc1Br. The molecule has 0 saturated heterocycles. The van der Waals surface area contributed by atoms with E-state index in [1.807, 2.05) is 24.3 Å². The number of hydrogen-bond donors (Lipinski definition) is 0. The van der Waals surface area contributed by atoms with Crippen LogP contribution < -0.4 is 4.74 Å². The standard InChI is InChI=1S/C13H8Br2Cl2O/c14-9-4-2-1-3-8(9)7-18-13-6-11(16)10(15)5-12(13)17/h1-6H,7H2. The van der Waals surface area contributed by atoms with Gasteiger partial charge < -0.3 is 4.74 Å². The zero-order chi connectivity index (χ0) is 13.1. The number of benzene rings is 2. The van der Waals surface area contributed by atoms with Gasteiger partial charge in [0.2, 0.25) is 0 Å². The van der Waals surface area contributed by atoms with Crippen molar-refractivity contribution in [2.45, 2.75) is 6.61 Å². The summed E-state index contributed by atoms with van der Waals surface area (Å²) in [6.07, 6.45) is 0. The Morgan fingerprint density at radius 1 is 0.944 bits per heavy atom. The predicted octanol–water partition coefficient (Wildman–Crippen LogP) is 6.10. The first-order valence-electron chi connectivity index (χ1n) is 5.08. The molecule has 0 bridgehead atoms. The van der Waals surface area contributed by atoms with E-state index in [1.54, 1.807) is 12.1 Å². The molecule has 0 aliphatic heterocycles. The second kappa shape index (κ2) is 6.29. The molecule has 0 aliphatic carbocycles. The lowest BCUT2D eigenvalue weighted by molar-refractivity contribution is 0.305. The third kappa shape index (κ3) is 3.41. The van der Waals surface area contributed by atoms with E-state index in [2.05, 4.69) is 31.9 Å². The van der Waals surface area contributed by atoms with Crippen LogP contribution in [-0.4, -0.2) is 0 Å². The van der Waals surface area contributed by atoms with Crippen molar-refractivity contribution in [3.05, 3.63) is 61.0 Å². The van der Waals surface area contributed by atoms with E-state index in [0.717, 1.165) is 14.5 Å². The van der Waals surface area contributed by atoms with Crippen molar-refractivity contribution >= 4 is 55.1 Å². The molecule has 2 aromatic rings. The molecule has 2 rings (SSSR count). The third-order valence-corrected chi connectivity index (χ3v) is 4.58. The summed E-state index contributed by atoms with van der Waals surface area (Å²) in [5.41, 5.74) is 1.05. The maximum absolute atomic E-state index is 6.08. The Labute approximate surface area is 132 Å². The molecule has 2 aromatic carbocycles. The van der Waals surface area contributed by atoms with Crippen LogP contribution in [0.15, 0.2) is 45.3 Å². The normalized spacial score (nSPS) is 10.4. The van der Waals surface area contributed by atoms with Crippen LogP contribution in [0.2, 0.25) is 10.0 Å². The Hall–Kier alpha value is -0.220. The van der Waals surface area contributed by atoms with Gasteiger partial charge in [0.25, 0.3) is 0 Å². The Morgan fingerprint density at radius 2 is 1.67 bits per heavy atom. The van der Waals surface area contributed by atoms with Crippen LogP contribution in [0.1, 0.15) is 5.56 Å². The summed E-state index contributed by atoms with van der Waals surface area (Å²) >= 11 is 18.9. The van der Waals surface area contributed by atoms with Gasteiger partial charge in [-0.25, -0.2) is 0 Å². The quantitative estimate of drug-likeness (QED) is 0.556. The topological polar surface area (TPSA) is 9.23 Å². The van der Waals surface area contributed by atoms with E-state index < -0.39 is 0 Å². The average molecular weight is 411 g/mol. The smallest absolute Gasteiger partial charge is 0.139 e. The van der Waals surface area contributed by atoms with Crippen LogP contribution in [0.4, 0.5) is 0 Å². The van der Waals surface area contributed by atoms with Gasteiger partial charge in [-0.2, -0.15) is 0 Å². The van der Waals surface area contributed by atoms with Crippen molar-refractivity contribution in [3.8, 4) is 5.75 Å². The third-order valence-electron chi connectivity index (χ3n) is 2.32. The fourth-order valence-corrected chi connectivity index (χ4v) is 2.63. The van der Waals surface area contributed by atoms with Gasteiger partial charge in [0.1, 0.15) is 12.4 Å². The lowest BCUT2D eigenvalue weighted by atomic mass is 10.2. The number of hydrogen-bond acceptors (Lipinski definition) is 1. The van der Waals surface area contributed by atoms with Crippen LogP contribution in [0.25, 0.3) is 0 Å². The predicted molar refractivity (Wildman–Crippen MR) is 82.6 cm³/mol. The lowest BCUT2D eigenvalue weighted by Gasteiger charge is -2.10. The average Bonchev–Trinajstić information content (AvgIpc) is 2.34. The van der Waals surface area contributed by atoms with Gasteiger partial charge in [-0.1, -0.05) is 57.3 Å². The van der Waals surface area contributed by atoms with E-state index in [4.69, 9.17) is 27.9 Å². The van der Waals surface area contributed by atoms with E-state index in [9.17, 15) is 0 Å². The van der Waals surface area contributed by atoms with Crippen molar-refractivity contribution in [3.63, 3.8) is 0 Å². The summed E-state index contributed by atoms with van der Waals surface area (Å²) < 4.78 is 7.43. The van der Waals surface area contributed by atoms with Crippen LogP contribution >= 0.6 is 55.1 Å². The van der Waals surface area contributed by atoms with E-state index in [-0.39, 0.29) is 0 Å². The molecule has 0 N–H and O–H groups in total. The van der Waals surface area contributed by atoms with Gasteiger partial charge in [0, 0.05) is 20.6 Å². The Bertz CT molecular complexity index is 573. The molecule has 0 spiro atoms. The summed E-state index contributed by atoms with van der Waals surface area (Å²) in [5.74, 6) is 0.570. The molecule has 18 heavy (non-hydrogen) atoms. The van der Waals surface area contributed by atoms with Gasteiger partial charge in [-0.3, -0.25) is 0 Å². The van der Waals surface area contributed by atoms with Gasteiger partial charge in [-0.15, -0.1) is 0 Å². The highest BCUT2D eigenvalue weighted by Gasteiger charge is 2.07. The van der Waals surface area contributed by atoms with E-state index in [0.29, 0.717) is 22.4 Å². The molecule has 0 fully saturated rings. The van der Waals surface area contributed by atoms with Crippen LogP contribution in [0.5, 0.6) is 5.75 Å². The molecule has 0 unspecified atom stereocenters. The number of rotatable bonds is 3. The fourth-order valence-electron chi connectivity index (χ4n) is 1.39. The van der Waals surface area contributed by atoms with Crippen LogP contribution in [0.3, 0.4) is 0 Å². The maximum atomic E-state index is 6.08. The zero-order valence-corrected chi connectivity index (χ0v) is 13.8. The first kappa shape index (κ1) is 14.2. The monoisotopic (exact) mass is 408 g/mol. The molecule has 0 aliphatic rings. The van der Waals surface area contributed by atoms with Crippen molar-refractivity contribution in [2.75, 3.05) is 0 Å². The number of ether oxygens (including phenoxy) is 1. The van der Waals surface area contributed by atoms with Crippen LogP contribution in [-0.2, 0) is 6.61 Å². The minimum Gasteiger partial charge on any atom is -0.487 e. The summed E-state index contributed by atoms with van der Waals surface area (Å²) in [6.45, 7) is 0.430. The van der Waals surface area contributed by atoms with Crippen LogP contribution in [0, 0.1) is 0 Å². The van der Waals surface area contributed by atoms with Crippen molar-refractivity contribution in [1.82, 2.24) is 0 Å². The molecular formula is C13H8Br2Cl2O. The highest BCUT2D eigenvalue weighted by atomic mass is 79.9. The summed E-state index contributed by atoms with van der Waals surface area (Å²) in [4.78, 5) is 0. The molecule has 0 heterocycles. The Morgan fingerprint density at radius 3 is 2.39 bits per heavy atom. The summed E-state index contributed by atoms with van der Waals surface area (Å²) in [7, 11) is 0. The van der Waals surface area contributed by atoms with Crippen molar-refractivity contribution in [2.24, 2.45) is 0 Å². The molecule has 5 heteroatoms. The van der Waals surface area contributed by atoms with E-state index >= 15 is 0 Å². The molecule has 94 valence electrons. The maximum Gasteiger partial charge on any atom is 0.139 e. The minimum atomic E-state index is 0.430. The Balaban J connectivity index is 2.16. The zero-order valence-electron chi connectivity index (χ0n) is 9.09. The Kier molecular flexibility index (Phi) is 4.96. The van der Waals surface area contributed by atoms with Crippen molar-refractivity contribution in [1.29, 1.82) is 0 Å². The highest BCUT2D eigenvalue weighted by molar-refractivity contribution is 9.10. The van der Waals surface area contributed by atoms with Gasteiger partial charge in [0.05, 0.1) is 10.0 Å². The molecule has 0 aromatic heterocycles. The van der Waals surface area contributed by atoms with Gasteiger partial charge in [-0.05, 0) is 28.1 Å². The largest absolute Gasteiger partial charge is 0.487 e. The number of halogens is 4. The molecular weight excluding hydrogens is 403 g/mol. The second-order valence-electron chi connectivity index (χ2n) is 3.58. The molecule has 1 nitrogen and oxygen atoms in total. The van der Waals surface area contributed by atoms with Gasteiger partial charge in [0.15, 0.2) is 0 Å². The van der Waals surface area contributed by atoms with Gasteiger partial charge >= 0.3 is 0 Å². The molecule has 0 saturated carbocycles.